The fourth-order valence-corrected chi connectivity index (χ4v) is 2.92. The molecule has 0 bridgehead atoms. The minimum absolute atomic E-state index is 0.332. The van der Waals surface area contributed by atoms with E-state index in [1.54, 1.807) is 22.8 Å². The van der Waals surface area contributed by atoms with Crippen LogP contribution in [0.3, 0.4) is 0 Å². The van der Waals surface area contributed by atoms with Crippen LogP contribution in [-0.4, -0.2) is 32.1 Å². The van der Waals surface area contributed by atoms with E-state index in [-0.39, 0.29) is 5.54 Å². The number of hydrogen-bond acceptors (Lipinski definition) is 5. The topological polar surface area (TPSA) is 66.5 Å². The van der Waals surface area contributed by atoms with Crippen LogP contribution in [0.25, 0.3) is 0 Å². The van der Waals surface area contributed by atoms with Gasteiger partial charge in [0.1, 0.15) is 11.9 Å². The third-order valence-electron chi connectivity index (χ3n) is 3.52. The molecule has 0 aliphatic heterocycles. The summed E-state index contributed by atoms with van der Waals surface area (Å²) in [5.41, 5.74) is -0.332. The normalized spacial score (nSPS) is 17.9. The van der Waals surface area contributed by atoms with Gasteiger partial charge < -0.3 is 0 Å². The van der Waals surface area contributed by atoms with E-state index >= 15 is 0 Å². The summed E-state index contributed by atoms with van der Waals surface area (Å²) < 4.78 is 1.78. The third kappa shape index (κ3) is 3.95. The number of nitrogens with one attached hydrogen (secondary N) is 1. The monoisotopic (exact) mass is 279 g/mol. The molecule has 1 atom stereocenters. The zero-order valence-electron chi connectivity index (χ0n) is 11.6. The number of nitriles is 1. The summed E-state index contributed by atoms with van der Waals surface area (Å²) in [6.45, 7) is 2.09. The average Bonchev–Trinajstić information content (AvgIpc) is 3.15. The summed E-state index contributed by atoms with van der Waals surface area (Å²) in [4.78, 5) is 4.18. The lowest BCUT2D eigenvalue weighted by Gasteiger charge is -2.26. The smallest absolute Gasteiger partial charge is 0.185 e. The SMILES string of the molecule is CCC(C#N)(CCCSc1ncnn1C)NC1CC1. The second-order valence-electron chi connectivity index (χ2n) is 5.08. The van der Waals surface area contributed by atoms with E-state index in [0.29, 0.717) is 6.04 Å². The van der Waals surface area contributed by atoms with Gasteiger partial charge in [0.2, 0.25) is 0 Å². The molecule has 1 saturated carbocycles. The van der Waals surface area contributed by atoms with Crippen molar-refractivity contribution in [3.63, 3.8) is 0 Å². The Kier molecular flexibility index (Phi) is 4.83. The zero-order chi connectivity index (χ0) is 13.7. The van der Waals surface area contributed by atoms with Crippen molar-refractivity contribution in [1.82, 2.24) is 20.1 Å². The number of aromatic nitrogens is 3. The van der Waals surface area contributed by atoms with Gasteiger partial charge in [0.25, 0.3) is 0 Å². The first kappa shape index (κ1) is 14.4. The quantitative estimate of drug-likeness (QED) is 0.583. The highest BCUT2D eigenvalue weighted by Gasteiger charge is 2.34. The largest absolute Gasteiger partial charge is 0.297 e. The minimum atomic E-state index is -0.332. The van der Waals surface area contributed by atoms with Crippen molar-refractivity contribution in [2.75, 3.05) is 5.75 Å². The molecule has 1 fully saturated rings. The molecule has 0 spiro atoms. The molecular formula is C13H21N5S. The molecule has 1 unspecified atom stereocenters. The van der Waals surface area contributed by atoms with Crippen molar-refractivity contribution in [1.29, 1.82) is 5.26 Å². The Morgan fingerprint density at radius 3 is 2.95 bits per heavy atom. The Bertz CT molecular complexity index is 448. The Morgan fingerprint density at radius 2 is 2.42 bits per heavy atom. The van der Waals surface area contributed by atoms with Gasteiger partial charge in [0.15, 0.2) is 5.16 Å². The summed E-state index contributed by atoms with van der Waals surface area (Å²) in [5.74, 6) is 0.975. The van der Waals surface area contributed by atoms with Crippen LogP contribution in [0.2, 0.25) is 0 Å². The van der Waals surface area contributed by atoms with Gasteiger partial charge in [-0.25, -0.2) is 9.67 Å². The summed E-state index contributed by atoms with van der Waals surface area (Å²) in [6, 6.07) is 3.06. The summed E-state index contributed by atoms with van der Waals surface area (Å²) in [7, 11) is 1.90. The molecule has 0 radical (unpaired) electrons. The standard InChI is InChI=1S/C13H21N5S/c1-3-13(9-14,17-11-5-6-11)7-4-8-19-12-15-10-16-18(12)2/h10-11,17H,3-8H2,1-2H3. The van der Waals surface area contributed by atoms with Crippen LogP contribution >= 0.6 is 11.8 Å². The second kappa shape index (κ2) is 6.40. The fraction of sp³-hybridized carbons (Fsp3) is 0.769. The van der Waals surface area contributed by atoms with Gasteiger partial charge in [0, 0.05) is 18.8 Å². The van der Waals surface area contributed by atoms with Crippen LogP contribution in [0.15, 0.2) is 11.5 Å². The van der Waals surface area contributed by atoms with Gasteiger partial charge in [-0.3, -0.25) is 5.32 Å². The maximum atomic E-state index is 9.43. The van der Waals surface area contributed by atoms with E-state index in [9.17, 15) is 5.26 Å². The zero-order valence-corrected chi connectivity index (χ0v) is 12.4. The Hall–Kier alpha value is -1.06. The molecule has 1 heterocycles. The maximum Gasteiger partial charge on any atom is 0.185 e. The van der Waals surface area contributed by atoms with Crippen molar-refractivity contribution in [2.45, 2.75) is 55.8 Å². The van der Waals surface area contributed by atoms with Crippen LogP contribution in [0.4, 0.5) is 0 Å². The number of hydrogen-bond donors (Lipinski definition) is 1. The van der Waals surface area contributed by atoms with Crippen molar-refractivity contribution in [3.05, 3.63) is 6.33 Å². The minimum Gasteiger partial charge on any atom is -0.297 e. The molecule has 1 N–H and O–H groups in total. The summed E-state index contributed by atoms with van der Waals surface area (Å²) in [6.07, 6.45) is 6.80. The maximum absolute atomic E-state index is 9.43. The summed E-state index contributed by atoms with van der Waals surface area (Å²) in [5, 5.41) is 17.9. The van der Waals surface area contributed by atoms with Gasteiger partial charge in [-0.15, -0.1) is 0 Å². The van der Waals surface area contributed by atoms with Gasteiger partial charge in [0.05, 0.1) is 6.07 Å². The Balaban J connectivity index is 1.76. The fourth-order valence-electron chi connectivity index (χ4n) is 2.09. The number of rotatable bonds is 8. The van der Waals surface area contributed by atoms with E-state index in [1.807, 2.05) is 7.05 Å². The number of thioether (sulfide) groups is 1. The molecule has 1 aromatic heterocycles. The molecular weight excluding hydrogens is 258 g/mol. The molecule has 6 heteroatoms. The molecule has 5 nitrogen and oxygen atoms in total. The Morgan fingerprint density at radius 1 is 1.63 bits per heavy atom. The van der Waals surface area contributed by atoms with Crippen LogP contribution in [0.5, 0.6) is 0 Å². The molecule has 1 aliphatic carbocycles. The first-order valence-electron chi connectivity index (χ1n) is 6.85. The van der Waals surface area contributed by atoms with Crippen LogP contribution in [0.1, 0.15) is 39.0 Å². The van der Waals surface area contributed by atoms with E-state index < -0.39 is 0 Å². The van der Waals surface area contributed by atoms with E-state index in [4.69, 9.17) is 0 Å². The lowest BCUT2D eigenvalue weighted by Crippen LogP contribution is -2.44. The van der Waals surface area contributed by atoms with Crippen LogP contribution in [-0.2, 0) is 7.05 Å². The lowest BCUT2D eigenvalue weighted by molar-refractivity contribution is 0.367. The van der Waals surface area contributed by atoms with Gasteiger partial charge in [-0.2, -0.15) is 10.4 Å². The van der Waals surface area contributed by atoms with E-state index in [1.165, 1.54) is 12.8 Å². The molecule has 0 saturated heterocycles. The highest BCUT2D eigenvalue weighted by Crippen LogP contribution is 2.27. The van der Waals surface area contributed by atoms with Crippen LogP contribution in [0, 0.1) is 11.3 Å². The molecule has 1 aliphatic rings. The number of aryl methyl sites for hydroxylation is 1. The molecule has 104 valence electrons. The van der Waals surface area contributed by atoms with Gasteiger partial charge in [-0.05, 0) is 32.1 Å². The highest BCUT2D eigenvalue weighted by molar-refractivity contribution is 7.99. The van der Waals surface area contributed by atoms with Crippen molar-refractivity contribution < 1.29 is 0 Å². The first-order valence-corrected chi connectivity index (χ1v) is 7.83. The number of nitrogens with zero attached hydrogens (tertiary/aromatic N) is 4. The molecule has 1 aromatic rings. The molecule has 0 aromatic carbocycles. The predicted molar refractivity (Wildman–Crippen MR) is 75.8 cm³/mol. The molecule has 0 amide bonds. The first-order chi connectivity index (χ1) is 9.19. The average molecular weight is 279 g/mol. The predicted octanol–water partition coefficient (Wildman–Crippen LogP) is 2.11. The van der Waals surface area contributed by atoms with Crippen molar-refractivity contribution in [2.24, 2.45) is 7.05 Å². The van der Waals surface area contributed by atoms with E-state index in [0.717, 1.165) is 30.2 Å². The van der Waals surface area contributed by atoms with Crippen molar-refractivity contribution >= 4 is 11.8 Å². The lowest BCUT2D eigenvalue weighted by atomic mass is 9.92. The summed E-state index contributed by atoms with van der Waals surface area (Å²) >= 11 is 1.70. The van der Waals surface area contributed by atoms with E-state index in [2.05, 4.69) is 28.4 Å². The van der Waals surface area contributed by atoms with Gasteiger partial charge in [-0.1, -0.05) is 18.7 Å². The Labute approximate surface area is 118 Å². The van der Waals surface area contributed by atoms with Crippen molar-refractivity contribution in [3.8, 4) is 6.07 Å². The highest BCUT2D eigenvalue weighted by atomic mass is 32.2. The third-order valence-corrected chi connectivity index (χ3v) is 4.64. The molecule has 19 heavy (non-hydrogen) atoms. The van der Waals surface area contributed by atoms with Gasteiger partial charge >= 0.3 is 0 Å². The second-order valence-corrected chi connectivity index (χ2v) is 6.15. The molecule has 2 rings (SSSR count). The van der Waals surface area contributed by atoms with Crippen LogP contribution < -0.4 is 5.32 Å².